The molecule has 1 aliphatic carbocycles. The van der Waals surface area contributed by atoms with Gasteiger partial charge in [-0.3, -0.25) is 0 Å². The van der Waals surface area contributed by atoms with Gasteiger partial charge in [0.1, 0.15) is 6.10 Å². The number of rotatable bonds is 2. The van der Waals surface area contributed by atoms with Crippen molar-refractivity contribution in [3.05, 3.63) is 12.2 Å². The van der Waals surface area contributed by atoms with E-state index in [1.165, 1.54) is 6.42 Å². The van der Waals surface area contributed by atoms with Crippen molar-refractivity contribution in [2.24, 2.45) is 0 Å². The van der Waals surface area contributed by atoms with E-state index in [1.807, 2.05) is 12.2 Å². The molecule has 14 heavy (non-hydrogen) atoms. The van der Waals surface area contributed by atoms with Gasteiger partial charge in [-0.2, -0.15) is 0 Å². The number of hydrogen-bond donors (Lipinski definition) is 0. The van der Waals surface area contributed by atoms with E-state index in [1.54, 1.807) is 0 Å². The van der Waals surface area contributed by atoms with Crippen LogP contribution in [0.5, 0.6) is 0 Å². The average molecular weight is 220 g/mol. The van der Waals surface area contributed by atoms with Crippen molar-refractivity contribution in [3.8, 4) is 0 Å². The smallest absolute Gasteiger partial charge is 0.305 e. The number of allylic oxidation sites excluding steroid dienone is 1. The van der Waals surface area contributed by atoms with E-state index in [9.17, 15) is 8.78 Å². The highest BCUT2D eigenvalue weighted by atomic mass is 32.1. The number of ether oxygens (including phenoxy) is 1. The standard InChI is InChI=1S/C10H14F2OS/c11-9(12)10(14)13-8-6-4-2-1-3-5-7-8/h4,6,8-9H,1-3,5,7H2. The van der Waals surface area contributed by atoms with Crippen LogP contribution in [0.4, 0.5) is 8.78 Å². The molecule has 0 amide bonds. The zero-order chi connectivity index (χ0) is 10.4. The van der Waals surface area contributed by atoms with E-state index in [0.717, 1.165) is 25.7 Å². The molecule has 0 heterocycles. The molecule has 0 aliphatic heterocycles. The molecule has 80 valence electrons. The van der Waals surface area contributed by atoms with Crippen molar-refractivity contribution in [1.82, 2.24) is 0 Å². The van der Waals surface area contributed by atoms with Gasteiger partial charge in [0.15, 0.2) is 0 Å². The molecule has 1 atom stereocenters. The zero-order valence-electron chi connectivity index (χ0n) is 7.92. The highest BCUT2D eigenvalue weighted by Crippen LogP contribution is 2.15. The van der Waals surface area contributed by atoms with Crippen molar-refractivity contribution in [2.75, 3.05) is 0 Å². The third-order valence-corrected chi connectivity index (χ3v) is 2.43. The van der Waals surface area contributed by atoms with Crippen LogP contribution in [0, 0.1) is 0 Å². The molecule has 1 aliphatic rings. The van der Waals surface area contributed by atoms with E-state index in [4.69, 9.17) is 4.74 Å². The van der Waals surface area contributed by atoms with Crippen LogP contribution >= 0.6 is 12.2 Å². The average Bonchev–Trinajstić information content (AvgIpc) is 2.08. The Hall–Kier alpha value is -0.510. The molecule has 0 saturated carbocycles. The van der Waals surface area contributed by atoms with Crippen LogP contribution in [-0.2, 0) is 4.74 Å². The Kier molecular flexibility index (Phi) is 5.01. The second kappa shape index (κ2) is 6.06. The van der Waals surface area contributed by atoms with Crippen molar-refractivity contribution in [2.45, 2.75) is 44.6 Å². The fourth-order valence-electron chi connectivity index (χ4n) is 1.43. The summed E-state index contributed by atoms with van der Waals surface area (Å²) in [7, 11) is 0. The molecule has 0 bridgehead atoms. The van der Waals surface area contributed by atoms with Gasteiger partial charge in [0, 0.05) is 0 Å². The largest absolute Gasteiger partial charge is 0.475 e. The molecule has 0 N–H and O–H groups in total. The predicted octanol–water partition coefficient (Wildman–Crippen LogP) is 3.48. The first-order valence-corrected chi connectivity index (χ1v) is 5.26. The van der Waals surface area contributed by atoms with Gasteiger partial charge in [0.05, 0.1) is 0 Å². The summed E-state index contributed by atoms with van der Waals surface area (Å²) in [4.78, 5) is 0. The molecule has 4 heteroatoms. The minimum atomic E-state index is -2.65. The van der Waals surface area contributed by atoms with Crippen LogP contribution in [0.1, 0.15) is 32.1 Å². The monoisotopic (exact) mass is 220 g/mol. The van der Waals surface area contributed by atoms with Crippen LogP contribution in [0.25, 0.3) is 0 Å². The third-order valence-electron chi connectivity index (χ3n) is 2.16. The number of alkyl halides is 2. The van der Waals surface area contributed by atoms with Crippen LogP contribution in [-0.4, -0.2) is 17.6 Å². The summed E-state index contributed by atoms with van der Waals surface area (Å²) in [5.74, 6) is 0. The van der Waals surface area contributed by atoms with E-state index >= 15 is 0 Å². The molecule has 1 rings (SSSR count). The first-order chi connectivity index (χ1) is 6.70. The number of hydrogen-bond acceptors (Lipinski definition) is 2. The fourth-order valence-corrected chi connectivity index (χ4v) is 1.55. The number of halogens is 2. The first kappa shape index (κ1) is 11.6. The molecule has 1 nitrogen and oxygen atoms in total. The van der Waals surface area contributed by atoms with Crippen molar-refractivity contribution in [3.63, 3.8) is 0 Å². The Morgan fingerprint density at radius 1 is 1.36 bits per heavy atom. The summed E-state index contributed by atoms with van der Waals surface area (Å²) in [6.45, 7) is 0. The van der Waals surface area contributed by atoms with Crippen LogP contribution in [0.15, 0.2) is 12.2 Å². The Labute approximate surface area is 88.1 Å². The molecule has 1 unspecified atom stereocenters. The third kappa shape index (κ3) is 4.13. The molecular weight excluding hydrogens is 206 g/mol. The normalized spacial score (nSPS) is 22.9. The summed E-state index contributed by atoms with van der Waals surface area (Å²) in [6.07, 6.45) is 6.02. The van der Waals surface area contributed by atoms with Crippen LogP contribution < -0.4 is 0 Å². The van der Waals surface area contributed by atoms with Gasteiger partial charge in [0.2, 0.25) is 5.05 Å². The topological polar surface area (TPSA) is 9.23 Å². The summed E-state index contributed by atoms with van der Waals surface area (Å²) in [5, 5.41) is -0.583. The maximum atomic E-state index is 12.1. The summed E-state index contributed by atoms with van der Waals surface area (Å²) < 4.78 is 29.1. The van der Waals surface area contributed by atoms with Crippen molar-refractivity contribution in [1.29, 1.82) is 0 Å². The lowest BCUT2D eigenvalue weighted by molar-refractivity contribution is 0.147. The molecule has 0 aromatic rings. The van der Waals surface area contributed by atoms with Gasteiger partial charge in [-0.1, -0.05) is 12.5 Å². The lowest BCUT2D eigenvalue weighted by atomic mass is 10.0. The maximum absolute atomic E-state index is 12.1. The maximum Gasteiger partial charge on any atom is 0.305 e. The van der Waals surface area contributed by atoms with E-state index in [-0.39, 0.29) is 6.10 Å². The summed E-state index contributed by atoms with van der Waals surface area (Å²) in [6, 6.07) is 0. The predicted molar refractivity (Wildman–Crippen MR) is 55.7 cm³/mol. The summed E-state index contributed by atoms with van der Waals surface area (Å²) in [5.41, 5.74) is 0. The van der Waals surface area contributed by atoms with Crippen LogP contribution in [0.2, 0.25) is 0 Å². The molecule has 0 spiro atoms. The molecule has 0 aromatic heterocycles. The SMILES string of the molecule is FC(F)C(=S)OC1C=CCCCCC1. The van der Waals surface area contributed by atoms with Gasteiger partial charge in [0.25, 0.3) is 0 Å². The lowest BCUT2D eigenvalue weighted by Gasteiger charge is -2.17. The van der Waals surface area contributed by atoms with Gasteiger partial charge < -0.3 is 4.74 Å². The minimum absolute atomic E-state index is 0.253. The second-order valence-corrected chi connectivity index (χ2v) is 3.74. The highest BCUT2D eigenvalue weighted by Gasteiger charge is 2.16. The summed E-state index contributed by atoms with van der Waals surface area (Å²) >= 11 is 4.43. The second-order valence-electron chi connectivity index (χ2n) is 3.34. The zero-order valence-corrected chi connectivity index (χ0v) is 8.73. The Bertz CT molecular complexity index is 216. The lowest BCUT2D eigenvalue weighted by Crippen LogP contribution is -2.20. The van der Waals surface area contributed by atoms with Gasteiger partial charge in [-0.25, -0.2) is 8.78 Å². The Balaban J connectivity index is 2.41. The number of thiocarbonyl (C=S) groups is 1. The quantitative estimate of drug-likeness (QED) is 0.520. The van der Waals surface area contributed by atoms with Gasteiger partial charge in [-0.15, -0.1) is 0 Å². The Morgan fingerprint density at radius 3 is 2.86 bits per heavy atom. The minimum Gasteiger partial charge on any atom is -0.475 e. The highest BCUT2D eigenvalue weighted by molar-refractivity contribution is 7.80. The molecule has 0 aromatic carbocycles. The Morgan fingerprint density at radius 2 is 2.14 bits per heavy atom. The molecule has 0 saturated heterocycles. The molecular formula is C10H14F2OS. The van der Waals surface area contributed by atoms with E-state index in [2.05, 4.69) is 12.2 Å². The van der Waals surface area contributed by atoms with Crippen molar-refractivity contribution < 1.29 is 13.5 Å². The molecule has 0 radical (unpaired) electrons. The van der Waals surface area contributed by atoms with Crippen molar-refractivity contribution >= 4 is 17.3 Å². The van der Waals surface area contributed by atoms with Crippen LogP contribution in [0.3, 0.4) is 0 Å². The van der Waals surface area contributed by atoms with E-state index < -0.39 is 11.5 Å². The van der Waals surface area contributed by atoms with Gasteiger partial charge in [-0.05, 0) is 44.0 Å². The first-order valence-electron chi connectivity index (χ1n) is 4.85. The van der Waals surface area contributed by atoms with Gasteiger partial charge >= 0.3 is 6.43 Å². The molecule has 0 fully saturated rings. The fraction of sp³-hybridized carbons (Fsp3) is 0.700. The van der Waals surface area contributed by atoms with E-state index in [0.29, 0.717) is 0 Å².